The predicted molar refractivity (Wildman–Crippen MR) is 116 cm³/mol. The normalized spacial score (nSPS) is 9.59. The second-order valence-electron chi connectivity index (χ2n) is 6.64. The standard InChI is InChI=1S/C27H22/c1-5-27-22(4)25(16-14-23-10-6-20(2)7-11-23)18-19-26(27)17-15-24-12-8-21(3)9-13-24/h5-13,18-19H,1H2,2-4H3. The van der Waals surface area contributed by atoms with Crippen LogP contribution in [-0.2, 0) is 0 Å². The lowest BCUT2D eigenvalue weighted by Gasteiger charge is -2.06. The lowest BCUT2D eigenvalue weighted by atomic mass is 9.96. The molecule has 0 spiro atoms. The van der Waals surface area contributed by atoms with Crippen LogP contribution in [-0.4, -0.2) is 0 Å². The molecule has 0 aliphatic rings. The van der Waals surface area contributed by atoms with E-state index in [-0.39, 0.29) is 0 Å². The van der Waals surface area contributed by atoms with Crippen molar-refractivity contribution in [1.29, 1.82) is 0 Å². The molecule has 3 rings (SSSR count). The molecular formula is C27H22. The zero-order valence-corrected chi connectivity index (χ0v) is 16.1. The van der Waals surface area contributed by atoms with Crippen LogP contribution in [0.3, 0.4) is 0 Å². The maximum absolute atomic E-state index is 3.97. The van der Waals surface area contributed by atoms with Crippen molar-refractivity contribution in [2.75, 3.05) is 0 Å². The van der Waals surface area contributed by atoms with E-state index >= 15 is 0 Å². The molecule has 0 unspecified atom stereocenters. The zero-order valence-electron chi connectivity index (χ0n) is 16.1. The Hall–Kier alpha value is -3.48. The average Bonchev–Trinajstić information content (AvgIpc) is 2.68. The Bertz CT molecular complexity index is 1090. The molecule has 0 saturated carbocycles. The largest absolute Gasteiger partial charge is 0.0984 e. The highest BCUT2D eigenvalue weighted by Gasteiger charge is 2.04. The molecule has 0 amide bonds. The highest BCUT2D eigenvalue weighted by Crippen LogP contribution is 2.19. The number of rotatable bonds is 1. The fourth-order valence-corrected chi connectivity index (χ4v) is 2.79. The molecule has 3 aromatic carbocycles. The molecule has 130 valence electrons. The van der Waals surface area contributed by atoms with E-state index in [0.29, 0.717) is 0 Å². The lowest BCUT2D eigenvalue weighted by molar-refractivity contribution is 1.39. The van der Waals surface area contributed by atoms with Gasteiger partial charge in [-0.3, -0.25) is 0 Å². The van der Waals surface area contributed by atoms with Crippen LogP contribution in [0.15, 0.2) is 67.2 Å². The smallest absolute Gasteiger partial charge is 0.0324 e. The molecule has 0 N–H and O–H groups in total. The molecule has 0 aliphatic heterocycles. The summed E-state index contributed by atoms with van der Waals surface area (Å²) in [6.45, 7) is 10.2. The topological polar surface area (TPSA) is 0 Å². The van der Waals surface area contributed by atoms with Gasteiger partial charge >= 0.3 is 0 Å². The van der Waals surface area contributed by atoms with Crippen molar-refractivity contribution < 1.29 is 0 Å². The van der Waals surface area contributed by atoms with Gasteiger partial charge in [0.1, 0.15) is 0 Å². The van der Waals surface area contributed by atoms with Crippen molar-refractivity contribution >= 4 is 6.08 Å². The van der Waals surface area contributed by atoms with Crippen LogP contribution in [0.25, 0.3) is 6.08 Å². The van der Waals surface area contributed by atoms with Gasteiger partial charge in [0.05, 0.1) is 0 Å². The average molecular weight is 346 g/mol. The molecule has 0 aliphatic carbocycles. The fourth-order valence-electron chi connectivity index (χ4n) is 2.79. The SMILES string of the molecule is C=Cc1c(C#Cc2ccc(C)cc2)ccc(C#Cc2ccc(C)cc2)c1C. The summed E-state index contributed by atoms with van der Waals surface area (Å²) in [7, 11) is 0. The molecule has 0 heteroatoms. The lowest BCUT2D eigenvalue weighted by Crippen LogP contribution is -1.92. The van der Waals surface area contributed by atoms with Gasteiger partial charge in [-0.1, -0.05) is 71.7 Å². The zero-order chi connectivity index (χ0) is 19.2. The first-order valence-electron chi connectivity index (χ1n) is 9.00. The second-order valence-corrected chi connectivity index (χ2v) is 6.64. The summed E-state index contributed by atoms with van der Waals surface area (Å²) in [4.78, 5) is 0. The van der Waals surface area contributed by atoms with Crippen molar-refractivity contribution in [3.05, 3.63) is 112 Å². The van der Waals surface area contributed by atoms with Crippen molar-refractivity contribution in [3.63, 3.8) is 0 Å². The van der Waals surface area contributed by atoms with E-state index in [1.165, 1.54) is 11.1 Å². The number of hydrogen-bond acceptors (Lipinski definition) is 0. The summed E-state index contributed by atoms with van der Waals surface area (Å²) in [5, 5.41) is 0. The second kappa shape index (κ2) is 8.27. The van der Waals surface area contributed by atoms with E-state index in [9.17, 15) is 0 Å². The molecule has 3 aromatic rings. The number of hydrogen-bond donors (Lipinski definition) is 0. The van der Waals surface area contributed by atoms with Gasteiger partial charge in [-0.25, -0.2) is 0 Å². The van der Waals surface area contributed by atoms with E-state index < -0.39 is 0 Å². The van der Waals surface area contributed by atoms with Crippen molar-refractivity contribution in [2.24, 2.45) is 0 Å². The maximum atomic E-state index is 3.97. The Labute approximate surface area is 162 Å². The van der Waals surface area contributed by atoms with Gasteiger partial charge in [-0.2, -0.15) is 0 Å². The van der Waals surface area contributed by atoms with Crippen LogP contribution in [0.4, 0.5) is 0 Å². The van der Waals surface area contributed by atoms with E-state index in [2.05, 4.69) is 75.3 Å². The molecular weight excluding hydrogens is 324 g/mol. The van der Waals surface area contributed by atoms with E-state index in [0.717, 1.165) is 33.4 Å². The summed E-state index contributed by atoms with van der Waals surface area (Å²) in [6.07, 6.45) is 1.87. The first kappa shape index (κ1) is 18.3. The molecule has 0 bridgehead atoms. The van der Waals surface area contributed by atoms with E-state index in [1.54, 1.807) is 0 Å². The molecule has 0 nitrogen and oxygen atoms in total. The van der Waals surface area contributed by atoms with Crippen LogP contribution in [0.2, 0.25) is 0 Å². The van der Waals surface area contributed by atoms with Crippen molar-refractivity contribution in [2.45, 2.75) is 20.8 Å². The monoisotopic (exact) mass is 346 g/mol. The quantitative estimate of drug-likeness (QED) is 0.470. The summed E-state index contributed by atoms with van der Waals surface area (Å²) in [5.41, 5.74) is 8.64. The number of aryl methyl sites for hydroxylation is 2. The maximum Gasteiger partial charge on any atom is 0.0324 e. The summed E-state index contributed by atoms with van der Waals surface area (Å²) >= 11 is 0. The van der Waals surface area contributed by atoms with Gasteiger partial charge in [0.25, 0.3) is 0 Å². The fraction of sp³-hybridized carbons (Fsp3) is 0.111. The van der Waals surface area contributed by atoms with E-state index in [4.69, 9.17) is 0 Å². The minimum absolute atomic E-state index is 0.976. The minimum atomic E-state index is 0.976. The predicted octanol–water partition coefficient (Wildman–Crippen LogP) is 6.05. The van der Waals surface area contributed by atoms with E-state index in [1.807, 2.05) is 42.5 Å². The van der Waals surface area contributed by atoms with Gasteiger partial charge in [-0.15, -0.1) is 0 Å². The summed E-state index contributed by atoms with van der Waals surface area (Å²) in [5.74, 6) is 13.0. The van der Waals surface area contributed by atoms with Gasteiger partial charge in [0.15, 0.2) is 0 Å². The van der Waals surface area contributed by atoms with Gasteiger partial charge < -0.3 is 0 Å². The van der Waals surface area contributed by atoms with Crippen LogP contribution >= 0.6 is 0 Å². The highest BCUT2D eigenvalue weighted by molar-refractivity contribution is 5.66. The van der Waals surface area contributed by atoms with Crippen molar-refractivity contribution in [1.82, 2.24) is 0 Å². The Morgan fingerprint density at radius 1 is 0.593 bits per heavy atom. The Morgan fingerprint density at radius 3 is 1.52 bits per heavy atom. The Kier molecular flexibility index (Phi) is 5.61. The Balaban J connectivity index is 1.93. The molecule has 0 saturated heterocycles. The van der Waals surface area contributed by atoms with Gasteiger partial charge in [0.2, 0.25) is 0 Å². The Morgan fingerprint density at radius 2 is 1.04 bits per heavy atom. The highest BCUT2D eigenvalue weighted by atomic mass is 14.1. The van der Waals surface area contributed by atoms with Crippen LogP contribution in [0.5, 0.6) is 0 Å². The van der Waals surface area contributed by atoms with Crippen LogP contribution in [0.1, 0.15) is 44.5 Å². The summed E-state index contributed by atoms with van der Waals surface area (Å²) < 4.78 is 0. The molecule has 27 heavy (non-hydrogen) atoms. The summed E-state index contributed by atoms with van der Waals surface area (Å²) in [6, 6.07) is 20.6. The van der Waals surface area contributed by atoms with Crippen LogP contribution < -0.4 is 0 Å². The van der Waals surface area contributed by atoms with Gasteiger partial charge in [0, 0.05) is 22.3 Å². The first-order chi connectivity index (χ1) is 13.1. The third-order valence-corrected chi connectivity index (χ3v) is 4.51. The molecule has 0 radical (unpaired) electrons. The van der Waals surface area contributed by atoms with Gasteiger partial charge in [-0.05, 0) is 68.3 Å². The molecule has 0 fully saturated rings. The first-order valence-corrected chi connectivity index (χ1v) is 9.00. The minimum Gasteiger partial charge on any atom is -0.0984 e. The third-order valence-electron chi connectivity index (χ3n) is 4.51. The third kappa shape index (κ3) is 4.58. The molecule has 0 aromatic heterocycles. The number of benzene rings is 3. The molecule has 0 atom stereocenters. The molecule has 0 heterocycles. The van der Waals surface area contributed by atoms with Crippen molar-refractivity contribution in [3.8, 4) is 23.7 Å². The van der Waals surface area contributed by atoms with Crippen LogP contribution in [0, 0.1) is 44.5 Å².